The molecule has 92 valence electrons. The van der Waals surface area contributed by atoms with E-state index in [2.05, 4.69) is 27.7 Å². The number of fused-ring (bicyclic) bond motifs is 1. The fourth-order valence-corrected chi connectivity index (χ4v) is 7.28. The third-order valence-electron chi connectivity index (χ3n) is 6.53. The first-order valence-electron chi connectivity index (χ1n) is 5.95. The second-order valence-electron chi connectivity index (χ2n) is 7.08. The van der Waals surface area contributed by atoms with Crippen LogP contribution in [-0.4, -0.2) is 19.3 Å². The van der Waals surface area contributed by atoms with Gasteiger partial charge in [-0.3, -0.25) is 4.18 Å². The van der Waals surface area contributed by atoms with Crippen LogP contribution in [0.5, 0.6) is 0 Å². The van der Waals surface area contributed by atoms with Crippen molar-refractivity contribution >= 4 is 10.1 Å². The van der Waals surface area contributed by atoms with Gasteiger partial charge in [-0.05, 0) is 25.2 Å². The molecular weight excluding hydrogens is 224 g/mol. The average Bonchev–Trinajstić information content (AvgIpc) is 2.47. The number of rotatable bonds is 0. The summed E-state index contributed by atoms with van der Waals surface area (Å²) in [4.78, 5) is 0. The van der Waals surface area contributed by atoms with Crippen LogP contribution >= 0.6 is 0 Å². The third kappa shape index (κ3) is 0.742. The van der Waals surface area contributed by atoms with Gasteiger partial charge in [0.1, 0.15) is 0 Å². The van der Waals surface area contributed by atoms with Gasteiger partial charge in [0.05, 0.1) is 10.9 Å². The molecule has 0 spiro atoms. The van der Waals surface area contributed by atoms with Crippen molar-refractivity contribution in [3.05, 3.63) is 0 Å². The van der Waals surface area contributed by atoms with Crippen LogP contribution in [0.15, 0.2) is 0 Å². The van der Waals surface area contributed by atoms with Gasteiger partial charge in [-0.2, -0.15) is 8.42 Å². The molecule has 0 aromatic carbocycles. The lowest BCUT2D eigenvalue weighted by atomic mass is 9.57. The molecule has 3 aliphatic rings. The quantitative estimate of drug-likeness (QED) is 0.614. The summed E-state index contributed by atoms with van der Waals surface area (Å²) in [7, 11) is -3.36. The predicted molar refractivity (Wildman–Crippen MR) is 61.4 cm³/mol. The first-order chi connectivity index (χ1) is 7.00. The van der Waals surface area contributed by atoms with Gasteiger partial charge in [0.25, 0.3) is 10.1 Å². The van der Waals surface area contributed by atoms with Crippen molar-refractivity contribution in [3.63, 3.8) is 0 Å². The molecule has 4 heteroatoms. The van der Waals surface area contributed by atoms with Crippen LogP contribution < -0.4 is 0 Å². The molecule has 2 bridgehead atoms. The monoisotopic (exact) mass is 244 g/mol. The highest BCUT2D eigenvalue weighted by atomic mass is 32.2. The van der Waals surface area contributed by atoms with Crippen molar-refractivity contribution in [3.8, 4) is 0 Å². The Hall–Kier alpha value is -0.0900. The maximum Gasteiger partial charge on any atom is 0.271 e. The maximum absolute atomic E-state index is 12.1. The molecule has 0 radical (unpaired) electrons. The van der Waals surface area contributed by atoms with E-state index in [1.54, 1.807) is 0 Å². The van der Waals surface area contributed by atoms with Crippen molar-refractivity contribution in [1.82, 2.24) is 0 Å². The summed E-state index contributed by atoms with van der Waals surface area (Å²) in [5, 5.41) is -0.289. The molecule has 0 aromatic rings. The van der Waals surface area contributed by atoms with Crippen LogP contribution in [0.2, 0.25) is 0 Å². The summed E-state index contributed by atoms with van der Waals surface area (Å²) in [6, 6.07) is 0. The Bertz CT molecular complexity index is 480. The van der Waals surface area contributed by atoms with Gasteiger partial charge in [0.2, 0.25) is 0 Å². The van der Waals surface area contributed by atoms with Crippen molar-refractivity contribution in [2.75, 3.05) is 0 Å². The van der Waals surface area contributed by atoms with E-state index in [-0.39, 0.29) is 21.5 Å². The normalized spacial score (nSPS) is 60.4. The van der Waals surface area contributed by atoms with E-state index in [4.69, 9.17) is 4.18 Å². The molecule has 0 amide bonds. The molecule has 4 unspecified atom stereocenters. The summed E-state index contributed by atoms with van der Waals surface area (Å²) in [5.74, 6) is 0. The molecule has 0 N–H and O–H groups in total. The van der Waals surface area contributed by atoms with Gasteiger partial charge in [-0.25, -0.2) is 0 Å². The summed E-state index contributed by atoms with van der Waals surface area (Å²) in [6.45, 7) is 10.6. The van der Waals surface area contributed by atoms with Crippen LogP contribution in [0, 0.1) is 16.2 Å². The largest absolute Gasteiger partial charge is 0.271 e. The number of hydrogen-bond acceptors (Lipinski definition) is 3. The highest BCUT2D eigenvalue weighted by Crippen LogP contribution is 2.79. The molecule has 1 saturated heterocycles. The van der Waals surface area contributed by atoms with Gasteiger partial charge in [0, 0.05) is 10.8 Å². The minimum Gasteiger partial charge on any atom is -0.262 e. The van der Waals surface area contributed by atoms with Gasteiger partial charge in [-0.15, -0.1) is 0 Å². The minimum atomic E-state index is -3.36. The lowest BCUT2D eigenvalue weighted by Crippen LogP contribution is -2.54. The van der Waals surface area contributed by atoms with E-state index in [1.165, 1.54) is 0 Å². The first kappa shape index (κ1) is 11.0. The molecule has 2 aliphatic carbocycles. The lowest BCUT2D eigenvalue weighted by Gasteiger charge is -2.49. The molecule has 3 nitrogen and oxygen atoms in total. The van der Waals surface area contributed by atoms with Crippen molar-refractivity contribution in [1.29, 1.82) is 0 Å². The van der Waals surface area contributed by atoms with E-state index >= 15 is 0 Å². The standard InChI is InChI=1S/C12H20O3S/c1-9(2)10(3)6-8-11(4,7-10)12(9,5)15-16(8,13)14/h8H,6-7H2,1-5H3. The molecule has 16 heavy (non-hydrogen) atoms. The summed E-state index contributed by atoms with van der Waals surface area (Å²) in [5.41, 5.74) is -0.736. The topological polar surface area (TPSA) is 43.4 Å². The highest BCUT2D eigenvalue weighted by molar-refractivity contribution is 7.87. The van der Waals surface area contributed by atoms with Crippen LogP contribution in [-0.2, 0) is 14.3 Å². The van der Waals surface area contributed by atoms with E-state index < -0.39 is 15.7 Å². The van der Waals surface area contributed by atoms with E-state index in [1.807, 2.05) is 6.92 Å². The van der Waals surface area contributed by atoms with Crippen molar-refractivity contribution in [2.24, 2.45) is 16.2 Å². The maximum atomic E-state index is 12.1. The Morgan fingerprint density at radius 2 is 1.69 bits per heavy atom. The molecule has 4 atom stereocenters. The van der Waals surface area contributed by atoms with E-state index in [9.17, 15) is 8.42 Å². The van der Waals surface area contributed by atoms with Crippen LogP contribution in [0.3, 0.4) is 0 Å². The van der Waals surface area contributed by atoms with Gasteiger partial charge in [-0.1, -0.05) is 27.7 Å². The third-order valence-corrected chi connectivity index (χ3v) is 8.48. The summed E-state index contributed by atoms with van der Waals surface area (Å²) >= 11 is 0. The SMILES string of the molecule is CC12CC3C(C)(C1)C(C)(OS3(=O)=O)C2(C)C. The average molecular weight is 244 g/mol. The zero-order valence-electron chi connectivity index (χ0n) is 10.6. The zero-order valence-corrected chi connectivity index (χ0v) is 11.4. The first-order valence-corrected chi connectivity index (χ1v) is 7.42. The minimum absolute atomic E-state index is 0.0880. The summed E-state index contributed by atoms with van der Waals surface area (Å²) in [6.07, 6.45) is 1.72. The Morgan fingerprint density at radius 3 is 2.12 bits per heavy atom. The van der Waals surface area contributed by atoms with Crippen LogP contribution in [0.4, 0.5) is 0 Å². The molecule has 1 heterocycles. The Balaban J connectivity index is 2.34. The molecule has 3 rings (SSSR count). The molecule has 1 aliphatic heterocycles. The second-order valence-corrected chi connectivity index (χ2v) is 8.80. The van der Waals surface area contributed by atoms with Crippen LogP contribution in [0.1, 0.15) is 47.5 Å². The van der Waals surface area contributed by atoms with Crippen molar-refractivity contribution < 1.29 is 12.6 Å². The molecule has 2 saturated carbocycles. The Morgan fingerprint density at radius 1 is 1.12 bits per heavy atom. The molecule has 0 aromatic heterocycles. The van der Waals surface area contributed by atoms with Gasteiger partial charge in [0.15, 0.2) is 0 Å². The smallest absolute Gasteiger partial charge is 0.262 e. The molecule has 3 fully saturated rings. The Kier molecular flexibility index (Phi) is 1.54. The van der Waals surface area contributed by atoms with Crippen molar-refractivity contribution in [2.45, 2.75) is 58.3 Å². The second kappa shape index (κ2) is 2.24. The zero-order chi connectivity index (χ0) is 12.2. The van der Waals surface area contributed by atoms with E-state index in [0.29, 0.717) is 0 Å². The van der Waals surface area contributed by atoms with Crippen LogP contribution in [0.25, 0.3) is 0 Å². The predicted octanol–water partition coefficient (Wildman–Crippen LogP) is 2.32. The highest BCUT2D eigenvalue weighted by Gasteiger charge is 2.83. The Labute approximate surface area is 97.7 Å². The number of hydrogen-bond donors (Lipinski definition) is 0. The summed E-state index contributed by atoms with van der Waals surface area (Å²) < 4.78 is 29.8. The lowest BCUT2D eigenvalue weighted by molar-refractivity contribution is -0.0919. The van der Waals surface area contributed by atoms with Gasteiger partial charge < -0.3 is 0 Å². The fourth-order valence-electron chi connectivity index (χ4n) is 4.78. The molecular formula is C12H20O3S. The fraction of sp³-hybridized carbons (Fsp3) is 1.00. The van der Waals surface area contributed by atoms with Gasteiger partial charge >= 0.3 is 0 Å². The van der Waals surface area contributed by atoms with E-state index in [0.717, 1.165) is 12.8 Å².